The fourth-order valence-electron chi connectivity index (χ4n) is 7.92. The third kappa shape index (κ3) is 7.35. The number of aliphatic hydroxyl groups is 1. The number of fused-ring (bicyclic) bond motifs is 1. The van der Waals surface area contributed by atoms with Crippen LogP contribution in [0.4, 0.5) is 0 Å². The minimum atomic E-state index is -0.614. The van der Waals surface area contributed by atoms with E-state index < -0.39 is 6.10 Å². The van der Waals surface area contributed by atoms with Crippen LogP contribution in [0, 0.1) is 23.7 Å². The third-order valence-corrected chi connectivity index (χ3v) is 10.8. The number of hydrogen-bond acceptors (Lipinski definition) is 6. The van der Waals surface area contributed by atoms with E-state index in [2.05, 4.69) is 21.3 Å². The lowest BCUT2D eigenvalue weighted by Crippen LogP contribution is -2.56. The number of nitrogens with one attached hydrogen (secondary N) is 4. The highest BCUT2D eigenvalue weighted by molar-refractivity contribution is 6.29. The molecule has 9 atom stereocenters. The highest BCUT2D eigenvalue weighted by Crippen LogP contribution is 2.40. The Balaban J connectivity index is 1.21. The normalized spacial score (nSPS) is 37.2. The molecule has 5 rings (SSSR count). The number of allylic oxidation sites excluding steroid dienone is 1. The number of carbonyl (C=O) groups is 2. The van der Waals surface area contributed by atoms with E-state index >= 15 is 0 Å². The quantitative estimate of drug-likeness (QED) is 0.191. The first-order valence-electron chi connectivity index (χ1n) is 15.4. The monoisotopic (exact) mass is 583 g/mol. The van der Waals surface area contributed by atoms with Gasteiger partial charge in [0.15, 0.2) is 0 Å². The molecule has 10 heteroatoms. The van der Waals surface area contributed by atoms with Crippen molar-refractivity contribution in [3.8, 4) is 0 Å². The molecule has 0 radical (unpaired) electrons. The van der Waals surface area contributed by atoms with Gasteiger partial charge in [-0.2, -0.15) is 0 Å². The van der Waals surface area contributed by atoms with Gasteiger partial charge in [-0.05, 0) is 56.8 Å². The number of alkyl halides is 1. The molecular formula is C29H47Cl2N5O3. The number of nitrogens with two attached hydrogens (primary N) is 1. The maximum atomic E-state index is 13.3. The number of carbonyl (C=O) groups excluding carboxylic acids is 2. The Morgan fingerprint density at radius 1 is 1.03 bits per heavy atom. The highest BCUT2D eigenvalue weighted by Gasteiger charge is 2.43. The first kappa shape index (κ1) is 29.3. The van der Waals surface area contributed by atoms with Crippen LogP contribution in [-0.2, 0) is 9.59 Å². The average Bonchev–Trinajstić information content (AvgIpc) is 3.30. The molecule has 0 aromatic carbocycles. The summed E-state index contributed by atoms with van der Waals surface area (Å²) >= 11 is 13.2. The van der Waals surface area contributed by atoms with Gasteiger partial charge in [-0.15, -0.1) is 11.6 Å². The summed E-state index contributed by atoms with van der Waals surface area (Å²) in [4.78, 5) is 25.2. The third-order valence-electron chi connectivity index (χ3n) is 10.1. The zero-order valence-corrected chi connectivity index (χ0v) is 24.5. The van der Waals surface area contributed by atoms with Gasteiger partial charge in [-0.25, -0.2) is 0 Å². The van der Waals surface area contributed by atoms with Crippen LogP contribution in [0.15, 0.2) is 10.9 Å². The molecule has 2 amide bonds. The van der Waals surface area contributed by atoms with E-state index in [1.54, 1.807) is 0 Å². The first-order valence-corrected chi connectivity index (χ1v) is 16.2. The van der Waals surface area contributed by atoms with Crippen LogP contribution in [0.2, 0.25) is 0 Å². The van der Waals surface area contributed by atoms with Crippen molar-refractivity contribution in [3.05, 3.63) is 10.9 Å². The molecular weight excluding hydrogens is 537 g/mol. The van der Waals surface area contributed by atoms with Gasteiger partial charge in [0.05, 0.1) is 24.3 Å². The Hall–Kier alpha value is -1.22. The Morgan fingerprint density at radius 3 is 2.59 bits per heavy atom. The van der Waals surface area contributed by atoms with Crippen molar-refractivity contribution in [3.63, 3.8) is 0 Å². The molecule has 39 heavy (non-hydrogen) atoms. The molecule has 7 N–H and O–H groups in total. The molecule has 2 aliphatic heterocycles. The predicted molar refractivity (Wildman–Crippen MR) is 154 cm³/mol. The average molecular weight is 585 g/mol. The summed E-state index contributed by atoms with van der Waals surface area (Å²) in [6.07, 6.45) is 13.3. The van der Waals surface area contributed by atoms with Crippen molar-refractivity contribution >= 4 is 35.0 Å². The first-order chi connectivity index (χ1) is 18.8. The van der Waals surface area contributed by atoms with Gasteiger partial charge in [0.2, 0.25) is 11.8 Å². The molecule has 5 aliphatic rings. The molecule has 8 unspecified atom stereocenters. The van der Waals surface area contributed by atoms with E-state index in [1.165, 1.54) is 32.1 Å². The maximum Gasteiger partial charge on any atom is 0.222 e. The van der Waals surface area contributed by atoms with E-state index in [0.717, 1.165) is 57.1 Å². The smallest absolute Gasteiger partial charge is 0.222 e. The van der Waals surface area contributed by atoms with Crippen LogP contribution >= 0.6 is 23.2 Å². The van der Waals surface area contributed by atoms with Crippen molar-refractivity contribution in [1.29, 1.82) is 0 Å². The van der Waals surface area contributed by atoms with Gasteiger partial charge >= 0.3 is 0 Å². The number of aliphatic hydroxyl groups excluding tert-OH is 1. The van der Waals surface area contributed by atoms with Crippen molar-refractivity contribution in [2.75, 3.05) is 0 Å². The minimum Gasteiger partial charge on any atom is -0.392 e. The number of piperidine rings is 1. The van der Waals surface area contributed by atoms with Gasteiger partial charge in [-0.3, -0.25) is 9.59 Å². The van der Waals surface area contributed by atoms with E-state index in [1.807, 2.05) is 0 Å². The maximum absolute atomic E-state index is 13.3. The van der Waals surface area contributed by atoms with Crippen LogP contribution in [-0.4, -0.2) is 52.7 Å². The molecule has 0 bridgehead atoms. The Labute approximate surface area is 243 Å². The second-order valence-corrected chi connectivity index (χ2v) is 13.9. The molecule has 4 fully saturated rings. The molecule has 0 spiro atoms. The van der Waals surface area contributed by atoms with Crippen molar-refractivity contribution in [1.82, 2.24) is 21.3 Å². The Kier molecular flexibility index (Phi) is 9.89. The summed E-state index contributed by atoms with van der Waals surface area (Å²) in [5, 5.41) is 24.9. The summed E-state index contributed by atoms with van der Waals surface area (Å²) in [5.74, 6) is 1.02. The topological polar surface area (TPSA) is 129 Å². The van der Waals surface area contributed by atoms with Crippen molar-refractivity contribution in [2.24, 2.45) is 29.4 Å². The lowest BCUT2D eigenvalue weighted by molar-refractivity contribution is -0.130. The lowest BCUT2D eigenvalue weighted by atomic mass is 9.72. The molecule has 8 nitrogen and oxygen atoms in total. The number of rotatable bonds is 8. The van der Waals surface area contributed by atoms with Crippen LogP contribution in [0.5, 0.6) is 0 Å². The summed E-state index contributed by atoms with van der Waals surface area (Å²) in [6.45, 7) is 0. The molecule has 0 aromatic rings. The van der Waals surface area contributed by atoms with Crippen LogP contribution in [0.3, 0.4) is 0 Å². The van der Waals surface area contributed by atoms with Gasteiger partial charge in [0.25, 0.3) is 0 Å². The van der Waals surface area contributed by atoms with E-state index in [9.17, 15) is 14.7 Å². The van der Waals surface area contributed by atoms with E-state index in [4.69, 9.17) is 28.9 Å². The Bertz CT molecular complexity index is 913. The van der Waals surface area contributed by atoms with Crippen LogP contribution in [0.25, 0.3) is 0 Å². The SMILES string of the molecule is NC(CC(=O)N[C@@H](CC1CCCCC1)C1NC(Cl)=C(C2CCC3NC(=O)CC(O)C3C2)N1)C1CCCC(Cl)C1. The fourth-order valence-corrected chi connectivity index (χ4v) is 8.63. The second-order valence-electron chi connectivity index (χ2n) is 12.9. The summed E-state index contributed by atoms with van der Waals surface area (Å²) in [6, 6.07) is -0.258. The van der Waals surface area contributed by atoms with Gasteiger partial charge in [-0.1, -0.05) is 50.1 Å². The molecule has 3 saturated carbocycles. The minimum absolute atomic E-state index is 0.00486. The molecule has 3 aliphatic carbocycles. The highest BCUT2D eigenvalue weighted by atomic mass is 35.5. The standard InChI is InChI=1S/C29H47Cl2N5O3/c30-19-8-4-7-17(12-19)21(32)14-25(38)34-23(11-16-5-2-1-3-6-16)29-35-27(28(31)36-29)18-9-10-22-20(13-18)24(37)15-26(39)33-22/h16-24,29,35-37H,1-15,32H2,(H,33,39)(H,34,38)/t17?,18?,19?,20?,21?,22?,23-,24?,29?/m0/s1. The van der Waals surface area contributed by atoms with E-state index in [-0.39, 0.29) is 59.7 Å². The van der Waals surface area contributed by atoms with Crippen molar-refractivity contribution < 1.29 is 14.7 Å². The second kappa shape index (κ2) is 13.2. The molecule has 2 heterocycles. The van der Waals surface area contributed by atoms with Gasteiger partial charge in [0, 0.05) is 35.7 Å². The number of amides is 2. The van der Waals surface area contributed by atoms with Crippen LogP contribution < -0.4 is 27.0 Å². The summed E-state index contributed by atoms with van der Waals surface area (Å²) in [5.41, 5.74) is 7.48. The summed E-state index contributed by atoms with van der Waals surface area (Å²) < 4.78 is 0. The zero-order chi connectivity index (χ0) is 27.5. The molecule has 0 aromatic heterocycles. The summed E-state index contributed by atoms with van der Waals surface area (Å²) in [7, 11) is 0. The molecule has 1 saturated heterocycles. The zero-order valence-electron chi connectivity index (χ0n) is 23.0. The Morgan fingerprint density at radius 2 is 1.82 bits per heavy atom. The largest absolute Gasteiger partial charge is 0.392 e. The van der Waals surface area contributed by atoms with Gasteiger partial charge < -0.3 is 32.1 Å². The van der Waals surface area contributed by atoms with E-state index in [0.29, 0.717) is 23.4 Å². The molecule has 220 valence electrons. The van der Waals surface area contributed by atoms with Crippen molar-refractivity contribution in [2.45, 2.75) is 132 Å². The number of hydrogen-bond donors (Lipinski definition) is 6. The predicted octanol–water partition coefficient (Wildman–Crippen LogP) is 3.55. The number of halogens is 2. The fraction of sp³-hybridized carbons (Fsp3) is 0.862. The van der Waals surface area contributed by atoms with Crippen LogP contribution in [0.1, 0.15) is 96.3 Å². The van der Waals surface area contributed by atoms with Gasteiger partial charge in [0.1, 0.15) is 11.3 Å². The lowest BCUT2D eigenvalue weighted by Gasteiger charge is -2.42.